The van der Waals surface area contributed by atoms with E-state index in [1.54, 1.807) is 18.7 Å². The van der Waals surface area contributed by atoms with Crippen LogP contribution < -0.4 is 5.73 Å². The van der Waals surface area contributed by atoms with Crippen LogP contribution >= 0.6 is 27.7 Å². The number of nitrogens with two attached hydrogens (primary N) is 1. The molecule has 2 N–H and O–H groups in total. The molecule has 1 aromatic carbocycles. The molecule has 4 nitrogen and oxygen atoms in total. The number of nitrogens with zero attached hydrogens (tertiary/aromatic N) is 1. The van der Waals surface area contributed by atoms with Crippen molar-refractivity contribution in [2.45, 2.75) is 24.3 Å². The summed E-state index contributed by atoms with van der Waals surface area (Å²) in [6, 6.07) is 2.27. The van der Waals surface area contributed by atoms with Crippen LogP contribution in [0.4, 0.5) is 10.1 Å². The summed E-state index contributed by atoms with van der Waals surface area (Å²) in [4.78, 5) is -0.400. The van der Waals surface area contributed by atoms with Crippen molar-refractivity contribution < 1.29 is 12.8 Å². The highest BCUT2D eigenvalue weighted by Gasteiger charge is 2.29. The Morgan fingerprint density at radius 1 is 1.50 bits per heavy atom. The molecule has 0 aliphatic heterocycles. The van der Waals surface area contributed by atoms with Crippen LogP contribution in [0.25, 0.3) is 0 Å². The van der Waals surface area contributed by atoms with E-state index in [-0.39, 0.29) is 16.2 Å². The third kappa shape index (κ3) is 3.87. The Labute approximate surface area is 132 Å². The van der Waals surface area contributed by atoms with Gasteiger partial charge in [-0.25, -0.2) is 12.8 Å². The lowest BCUT2D eigenvalue weighted by Gasteiger charge is -2.24. The van der Waals surface area contributed by atoms with Gasteiger partial charge in [-0.05, 0) is 53.4 Å². The van der Waals surface area contributed by atoms with E-state index >= 15 is 0 Å². The van der Waals surface area contributed by atoms with E-state index in [0.29, 0.717) is 6.42 Å². The summed E-state index contributed by atoms with van der Waals surface area (Å²) in [6.45, 7) is 1.80. The van der Waals surface area contributed by atoms with Gasteiger partial charge in [-0.15, -0.1) is 0 Å². The third-order valence-electron chi connectivity index (χ3n) is 3.03. The predicted octanol–water partition coefficient (Wildman–Crippen LogP) is 2.93. The number of sulfonamides is 1. The summed E-state index contributed by atoms with van der Waals surface area (Å²) in [7, 11) is -2.45. The number of hydrogen-bond donors (Lipinski definition) is 1. The lowest BCUT2D eigenvalue weighted by molar-refractivity contribution is 0.380. The van der Waals surface area contributed by atoms with Gasteiger partial charge in [-0.3, -0.25) is 0 Å². The fraction of sp³-hybridized carbons (Fsp3) is 0.500. The minimum Gasteiger partial charge on any atom is -0.399 e. The summed E-state index contributed by atoms with van der Waals surface area (Å²) in [5.41, 5.74) is 5.79. The molecule has 0 saturated carbocycles. The van der Waals surface area contributed by atoms with Gasteiger partial charge in [0.15, 0.2) is 5.82 Å². The molecule has 0 amide bonds. The molecule has 1 unspecified atom stereocenters. The molecular weight excluding hydrogens is 367 g/mol. The van der Waals surface area contributed by atoms with Crippen molar-refractivity contribution in [3.05, 3.63) is 22.4 Å². The highest BCUT2D eigenvalue weighted by atomic mass is 79.9. The van der Waals surface area contributed by atoms with E-state index in [0.717, 1.165) is 11.8 Å². The van der Waals surface area contributed by atoms with Gasteiger partial charge < -0.3 is 5.73 Å². The van der Waals surface area contributed by atoms with Gasteiger partial charge >= 0.3 is 0 Å². The van der Waals surface area contributed by atoms with Gasteiger partial charge in [-0.1, -0.05) is 0 Å². The second-order valence-electron chi connectivity index (χ2n) is 4.47. The Morgan fingerprint density at radius 2 is 2.10 bits per heavy atom. The van der Waals surface area contributed by atoms with Crippen molar-refractivity contribution >= 4 is 43.4 Å². The Balaban J connectivity index is 3.17. The molecule has 0 aliphatic rings. The van der Waals surface area contributed by atoms with Crippen LogP contribution in [-0.2, 0) is 10.0 Å². The lowest BCUT2D eigenvalue weighted by atomic mass is 10.3. The monoisotopic (exact) mass is 384 g/mol. The first-order valence-corrected chi connectivity index (χ1v) is 9.56. The summed E-state index contributed by atoms with van der Waals surface area (Å²) >= 11 is 4.61. The maximum Gasteiger partial charge on any atom is 0.246 e. The van der Waals surface area contributed by atoms with Crippen molar-refractivity contribution in [2.24, 2.45) is 0 Å². The first-order valence-electron chi connectivity index (χ1n) is 5.93. The molecule has 1 atom stereocenters. The highest BCUT2D eigenvalue weighted by Crippen LogP contribution is 2.28. The molecule has 0 fully saturated rings. The first kappa shape index (κ1) is 17.7. The van der Waals surface area contributed by atoms with Crippen LogP contribution in [-0.4, -0.2) is 37.8 Å². The summed E-state index contributed by atoms with van der Waals surface area (Å²) in [6.07, 6.45) is 2.65. The average molecular weight is 385 g/mol. The van der Waals surface area contributed by atoms with Crippen molar-refractivity contribution in [1.82, 2.24) is 4.31 Å². The van der Waals surface area contributed by atoms with Crippen molar-refractivity contribution in [3.63, 3.8) is 0 Å². The predicted molar refractivity (Wildman–Crippen MR) is 85.9 cm³/mol. The Hall–Kier alpha value is -0.310. The normalized spacial score (nSPS) is 13.7. The Kier molecular flexibility index (Phi) is 6.30. The number of hydrogen-bond acceptors (Lipinski definition) is 4. The number of rotatable bonds is 6. The van der Waals surface area contributed by atoms with Gasteiger partial charge in [0.2, 0.25) is 10.0 Å². The smallest absolute Gasteiger partial charge is 0.246 e. The molecule has 0 heterocycles. The fourth-order valence-electron chi connectivity index (χ4n) is 1.63. The average Bonchev–Trinajstić information content (AvgIpc) is 2.38. The van der Waals surface area contributed by atoms with E-state index in [2.05, 4.69) is 15.9 Å². The topological polar surface area (TPSA) is 63.4 Å². The molecule has 0 bridgehead atoms. The van der Waals surface area contributed by atoms with E-state index in [1.165, 1.54) is 17.4 Å². The lowest BCUT2D eigenvalue weighted by Crippen LogP contribution is -2.36. The quantitative estimate of drug-likeness (QED) is 0.765. The second-order valence-corrected chi connectivity index (χ2v) is 8.27. The number of thioether (sulfide) groups is 1. The van der Waals surface area contributed by atoms with Crippen molar-refractivity contribution in [1.29, 1.82) is 0 Å². The molecule has 1 aromatic rings. The zero-order valence-electron chi connectivity index (χ0n) is 11.6. The van der Waals surface area contributed by atoms with Gasteiger partial charge in [0.25, 0.3) is 0 Å². The molecule has 8 heteroatoms. The van der Waals surface area contributed by atoms with Gasteiger partial charge in [0.1, 0.15) is 4.90 Å². The van der Waals surface area contributed by atoms with Crippen LogP contribution in [0.3, 0.4) is 0 Å². The largest absolute Gasteiger partial charge is 0.399 e. The third-order valence-corrected chi connectivity index (χ3v) is 6.23. The SMILES string of the molecule is CSCCC(C)N(C)S(=O)(=O)c1cc(N)cc(Br)c1F. The number of benzene rings is 1. The van der Waals surface area contributed by atoms with E-state index in [9.17, 15) is 12.8 Å². The Morgan fingerprint density at radius 3 is 2.65 bits per heavy atom. The van der Waals surface area contributed by atoms with Crippen LogP contribution in [0.5, 0.6) is 0 Å². The molecule has 0 radical (unpaired) electrons. The molecule has 114 valence electrons. The molecule has 0 aliphatic carbocycles. The summed E-state index contributed by atoms with van der Waals surface area (Å²) in [5, 5.41) is 0. The van der Waals surface area contributed by atoms with Crippen LogP contribution in [0, 0.1) is 5.82 Å². The van der Waals surface area contributed by atoms with Gasteiger partial charge in [0.05, 0.1) is 4.47 Å². The van der Waals surface area contributed by atoms with E-state index in [4.69, 9.17) is 5.73 Å². The number of anilines is 1. The van der Waals surface area contributed by atoms with Crippen molar-refractivity contribution in [3.8, 4) is 0 Å². The zero-order valence-corrected chi connectivity index (χ0v) is 14.8. The maximum atomic E-state index is 14.0. The molecule has 0 spiro atoms. The highest BCUT2D eigenvalue weighted by molar-refractivity contribution is 9.10. The van der Waals surface area contributed by atoms with Crippen molar-refractivity contribution in [2.75, 3.05) is 24.8 Å². The molecule has 0 saturated heterocycles. The molecule has 20 heavy (non-hydrogen) atoms. The van der Waals surface area contributed by atoms with Crippen LogP contribution in [0.1, 0.15) is 13.3 Å². The first-order chi connectivity index (χ1) is 9.21. The standard InChI is InChI=1S/C12H18BrFN2O2S2/c1-8(4-5-19-3)16(2)20(17,18)11-7-9(15)6-10(13)12(11)14/h6-8H,4-5,15H2,1-3H3. The summed E-state index contributed by atoms with van der Waals surface area (Å²) < 4.78 is 40.2. The van der Waals surface area contributed by atoms with E-state index in [1.807, 2.05) is 6.26 Å². The minimum absolute atomic E-state index is 0.0428. The zero-order chi connectivity index (χ0) is 15.5. The maximum absolute atomic E-state index is 14.0. The summed E-state index contributed by atoms with van der Waals surface area (Å²) in [5.74, 6) is 0.0209. The number of halogens is 2. The van der Waals surface area contributed by atoms with Crippen LogP contribution in [0.15, 0.2) is 21.5 Å². The molecule has 0 aromatic heterocycles. The Bertz CT molecular complexity index is 581. The number of nitrogen functional groups attached to an aromatic ring is 1. The molecule has 1 rings (SSSR count). The van der Waals surface area contributed by atoms with Gasteiger partial charge in [0, 0.05) is 18.8 Å². The van der Waals surface area contributed by atoms with E-state index < -0.39 is 20.7 Å². The van der Waals surface area contributed by atoms with Crippen LogP contribution in [0.2, 0.25) is 0 Å². The fourth-order valence-corrected chi connectivity index (χ4v) is 4.33. The second kappa shape index (κ2) is 7.11. The van der Waals surface area contributed by atoms with Gasteiger partial charge in [-0.2, -0.15) is 16.1 Å². The minimum atomic E-state index is -3.91. The molecular formula is C12H18BrFN2O2S2.